The van der Waals surface area contributed by atoms with Gasteiger partial charge in [0, 0.05) is 6.54 Å². The molecule has 0 aromatic rings. The highest BCUT2D eigenvalue weighted by molar-refractivity contribution is 5.93. The number of hydrogen-bond acceptors (Lipinski definition) is 6. The van der Waals surface area contributed by atoms with Gasteiger partial charge in [0.25, 0.3) is 0 Å². The maximum Gasteiger partial charge on any atom is 0.242 e. The highest BCUT2D eigenvalue weighted by Gasteiger charge is 2.59. The van der Waals surface area contributed by atoms with Crippen molar-refractivity contribution in [2.45, 2.75) is 77.0 Å². The van der Waals surface area contributed by atoms with E-state index in [1.165, 1.54) is 0 Å². The number of nitrogens with one attached hydrogen (secondary N) is 4. The van der Waals surface area contributed by atoms with Crippen LogP contribution in [-0.2, 0) is 24.0 Å². The van der Waals surface area contributed by atoms with E-state index in [-0.39, 0.29) is 49.4 Å². The van der Waals surface area contributed by atoms with Crippen LogP contribution in [0.3, 0.4) is 0 Å². The van der Waals surface area contributed by atoms with E-state index < -0.39 is 23.9 Å². The first-order chi connectivity index (χ1) is 16.2. The summed E-state index contributed by atoms with van der Waals surface area (Å²) in [6, 6.07) is -1.73. The first-order valence-corrected chi connectivity index (χ1v) is 12.4. The lowest BCUT2D eigenvalue weighted by atomic mass is 10.0. The SMILES string of the molecule is CCCCNC(=O)[C@@H]1[C@@H]2[C@H](CC(C)C)N2C(=O)CNC(=O)CNC(=O)CNC(=O)C2CCCN21. The van der Waals surface area contributed by atoms with Crippen LogP contribution in [-0.4, -0.2) is 96.2 Å². The molecule has 0 aromatic heterocycles. The van der Waals surface area contributed by atoms with Crippen molar-refractivity contribution in [1.29, 1.82) is 0 Å². The van der Waals surface area contributed by atoms with Crippen LogP contribution in [0.25, 0.3) is 0 Å². The van der Waals surface area contributed by atoms with Crippen LogP contribution in [0.5, 0.6) is 0 Å². The number of carbonyl (C=O) groups excluding carboxylic acids is 5. The molecule has 11 heteroatoms. The molecule has 0 spiro atoms. The Morgan fingerprint density at radius 1 is 1.06 bits per heavy atom. The fraction of sp³-hybridized carbons (Fsp3) is 0.783. The van der Waals surface area contributed by atoms with Crippen molar-refractivity contribution in [3.05, 3.63) is 0 Å². The summed E-state index contributed by atoms with van der Waals surface area (Å²) in [6.45, 7) is 6.52. The van der Waals surface area contributed by atoms with Crippen molar-refractivity contribution in [2.75, 3.05) is 32.7 Å². The molecule has 1 unspecified atom stereocenters. The van der Waals surface area contributed by atoms with E-state index in [2.05, 4.69) is 35.1 Å². The largest absolute Gasteiger partial charge is 0.355 e. The molecule has 0 aromatic carbocycles. The number of amides is 5. The van der Waals surface area contributed by atoms with E-state index in [4.69, 9.17) is 0 Å². The van der Waals surface area contributed by atoms with Gasteiger partial charge in [-0.15, -0.1) is 0 Å². The summed E-state index contributed by atoms with van der Waals surface area (Å²) in [5.74, 6) is -1.45. The molecule has 3 heterocycles. The van der Waals surface area contributed by atoms with Crippen LogP contribution >= 0.6 is 0 Å². The molecule has 0 saturated carbocycles. The fourth-order valence-corrected chi connectivity index (χ4v) is 5.00. The Hall–Kier alpha value is -2.69. The smallest absolute Gasteiger partial charge is 0.242 e. The zero-order valence-corrected chi connectivity index (χ0v) is 20.4. The van der Waals surface area contributed by atoms with Crippen molar-refractivity contribution < 1.29 is 24.0 Å². The predicted octanol–water partition coefficient (Wildman–Crippen LogP) is -1.28. The second kappa shape index (κ2) is 11.6. The summed E-state index contributed by atoms with van der Waals surface area (Å²) in [5, 5.41) is 10.6. The molecule has 11 nitrogen and oxygen atoms in total. The molecular formula is C23H38N6O5. The van der Waals surface area contributed by atoms with E-state index >= 15 is 0 Å². The number of fused-ring (bicyclic) bond motifs is 2. The average molecular weight is 479 g/mol. The zero-order valence-electron chi connectivity index (χ0n) is 20.4. The van der Waals surface area contributed by atoms with Crippen molar-refractivity contribution in [1.82, 2.24) is 31.1 Å². The lowest BCUT2D eigenvalue weighted by Crippen LogP contribution is -2.57. The molecular weight excluding hydrogens is 440 g/mol. The minimum Gasteiger partial charge on any atom is -0.355 e. The highest BCUT2D eigenvalue weighted by Crippen LogP contribution is 2.40. The Kier molecular flexibility index (Phi) is 8.87. The first-order valence-electron chi connectivity index (χ1n) is 12.4. The average Bonchev–Trinajstić information content (AvgIpc) is 3.24. The summed E-state index contributed by atoms with van der Waals surface area (Å²) in [7, 11) is 0. The second-order valence-corrected chi connectivity index (χ2v) is 9.75. The molecule has 3 rings (SSSR count). The number of carbonyl (C=O) groups is 5. The van der Waals surface area contributed by atoms with Crippen LogP contribution in [0.2, 0.25) is 0 Å². The highest BCUT2D eigenvalue weighted by atomic mass is 16.2. The third kappa shape index (κ3) is 6.25. The molecule has 4 atom stereocenters. The molecule has 3 saturated heterocycles. The molecule has 0 radical (unpaired) electrons. The maximum atomic E-state index is 13.4. The second-order valence-electron chi connectivity index (χ2n) is 9.75. The maximum absolute atomic E-state index is 13.4. The number of rotatable bonds is 6. The van der Waals surface area contributed by atoms with Gasteiger partial charge in [0.15, 0.2) is 0 Å². The lowest BCUT2D eigenvalue weighted by molar-refractivity contribution is -0.133. The minimum atomic E-state index is -0.669. The van der Waals surface area contributed by atoms with Gasteiger partial charge in [-0.1, -0.05) is 27.2 Å². The van der Waals surface area contributed by atoms with Gasteiger partial charge in [0.1, 0.15) is 6.04 Å². The Morgan fingerprint density at radius 2 is 1.74 bits per heavy atom. The third-order valence-corrected chi connectivity index (χ3v) is 6.67. The van der Waals surface area contributed by atoms with Gasteiger partial charge < -0.3 is 26.2 Å². The summed E-state index contributed by atoms with van der Waals surface area (Å²) in [4.78, 5) is 67.2. The van der Waals surface area contributed by atoms with Crippen LogP contribution in [0.1, 0.15) is 52.9 Å². The monoisotopic (exact) mass is 478 g/mol. The lowest BCUT2D eigenvalue weighted by Gasteiger charge is -2.31. The first kappa shape index (κ1) is 25.9. The molecule has 3 aliphatic heterocycles. The molecule has 3 aliphatic rings. The molecule has 190 valence electrons. The summed E-state index contributed by atoms with van der Waals surface area (Å²) in [6.07, 6.45) is 3.82. The van der Waals surface area contributed by atoms with Gasteiger partial charge in [0.05, 0.1) is 37.8 Å². The van der Waals surface area contributed by atoms with Crippen LogP contribution in [0.15, 0.2) is 0 Å². The van der Waals surface area contributed by atoms with Crippen molar-refractivity contribution in [2.24, 2.45) is 5.92 Å². The Bertz CT molecular complexity index is 803. The molecule has 4 N–H and O–H groups in total. The molecule has 3 fully saturated rings. The van der Waals surface area contributed by atoms with Crippen LogP contribution < -0.4 is 21.3 Å². The summed E-state index contributed by atoms with van der Waals surface area (Å²) in [5.41, 5.74) is 0. The summed E-state index contributed by atoms with van der Waals surface area (Å²) >= 11 is 0. The molecule has 0 bridgehead atoms. The number of unbranched alkanes of at least 4 members (excludes halogenated alkanes) is 1. The van der Waals surface area contributed by atoms with E-state index in [0.29, 0.717) is 25.4 Å². The third-order valence-electron chi connectivity index (χ3n) is 6.67. The van der Waals surface area contributed by atoms with Gasteiger partial charge in [-0.25, -0.2) is 0 Å². The van der Waals surface area contributed by atoms with Crippen molar-refractivity contribution in [3.63, 3.8) is 0 Å². The van der Waals surface area contributed by atoms with Crippen molar-refractivity contribution >= 4 is 29.5 Å². The quantitative estimate of drug-likeness (QED) is 0.277. The Morgan fingerprint density at radius 3 is 2.41 bits per heavy atom. The van der Waals surface area contributed by atoms with Gasteiger partial charge >= 0.3 is 0 Å². The Labute approximate surface area is 200 Å². The van der Waals surface area contributed by atoms with Gasteiger partial charge in [0.2, 0.25) is 29.5 Å². The number of hydrogen-bond donors (Lipinski definition) is 4. The number of nitrogens with zero attached hydrogens (tertiary/aromatic N) is 2. The van der Waals surface area contributed by atoms with E-state index in [9.17, 15) is 24.0 Å². The molecule has 34 heavy (non-hydrogen) atoms. The van der Waals surface area contributed by atoms with Crippen molar-refractivity contribution in [3.8, 4) is 0 Å². The molecule has 5 amide bonds. The molecule has 0 aliphatic carbocycles. The fourth-order valence-electron chi connectivity index (χ4n) is 5.00. The minimum absolute atomic E-state index is 0.136. The predicted molar refractivity (Wildman–Crippen MR) is 124 cm³/mol. The topological polar surface area (TPSA) is 140 Å². The van der Waals surface area contributed by atoms with Gasteiger partial charge in [-0.3, -0.25) is 28.9 Å². The Balaban J connectivity index is 1.91. The van der Waals surface area contributed by atoms with Gasteiger partial charge in [-0.2, -0.15) is 0 Å². The van der Waals surface area contributed by atoms with E-state index in [1.807, 2.05) is 11.8 Å². The normalized spacial score (nSPS) is 28.8. The van der Waals surface area contributed by atoms with E-state index in [0.717, 1.165) is 25.7 Å². The van der Waals surface area contributed by atoms with E-state index in [1.54, 1.807) is 4.90 Å². The standard InChI is InChI=1S/C23H38N6O5/c1-4-5-8-24-23(34)21-20-16(10-14(2)3)29(20)19(32)13-26-17(30)11-25-18(31)12-27-22(33)15-7-6-9-28(15)21/h14-16,20-21H,4-13H2,1-3H3,(H,24,34)(H,25,31)(H,26,30)(H,27,33)/t15?,16-,20-,21-,29?/m0/s1. The zero-order chi connectivity index (χ0) is 24.8. The summed E-state index contributed by atoms with van der Waals surface area (Å²) < 4.78 is 0. The van der Waals surface area contributed by atoms with Gasteiger partial charge in [-0.05, 0) is 38.1 Å². The van der Waals surface area contributed by atoms with Crippen LogP contribution in [0, 0.1) is 5.92 Å². The van der Waals surface area contributed by atoms with Crippen LogP contribution in [0.4, 0.5) is 0 Å².